The second-order valence-corrected chi connectivity index (χ2v) is 5.88. The van der Waals surface area contributed by atoms with E-state index in [2.05, 4.69) is 26.0 Å². The van der Waals surface area contributed by atoms with E-state index in [4.69, 9.17) is 9.47 Å². The lowest BCUT2D eigenvalue weighted by Gasteiger charge is -2.15. The first-order valence-electron chi connectivity index (χ1n) is 7.28. The Morgan fingerprint density at radius 1 is 1.15 bits per heavy atom. The summed E-state index contributed by atoms with van der Waals surface area (Å²) in [6.45, 7) is -0.164. The Morgan fingerprint density at radius 3 is 2.46 bits per heavy atom. The number of methoxy groups -OCH3 is 2. The molecule has 0 saturated heterocycles. The Balaban J connectivity index is 2.21. The van der Waals surface area contributed by atoms with Gasteiger partial charge in [0.25, 0.3) is 5.91 Å². The number of benzene rings is 2. The summed E-state index contributed by atoms with van der Waals surface area (Å²) < 4.78 is 52.2. The van der Waals surface area contributed by atoms with E-state index in [1.165, 1.54) is 38.5 Å². The van der Waals surface area contributed by atoms with E-state index >= 15 is 0 Å². The largest absolute Gasteiger partial charge is 0.573 e. The van der Waals surface area contributed by atoms with Crippen LogP contribution in [0.3, 0.4) is 0 Å². The third-order valence-electron chi connectivity index (χ3n) is 3.34. The maximum Gasteiger partial charge on any atom is 0.573 e. The lowest BCUT2D eigenvalue weighted by atomic mass is 10.1. The summed E-state index contributed by atoms with van der Waals surface area (Å²) >= 11 is 3.28. The quantitative estimate of drug-likeness (QED) is 0.737. The Morgan fingerprint density at radius 2 is 1.85 bits per heavy atom. The molecular weight excluding hydrogens is 419 g/mol. The lowest BCUT2D eigenvalue weighted by molar-refractivity contribution is -0.274. The number of halogens is 4. The molecule has 0 bridgehead atoms. The van der Waals surface area contributed by atoms with Crippen molar-refractivity contribution in [2.24, 2.45) is 0 Å². The molecule has 26 heavy (non-hydrogen) atoms. The Labute approximate surface area is 156 Å². The fourth-order valence-corrected chi connectivity index (χ4v) is 2.81. The van der Waals surface area contributed by atoms with Crippen molar-refractivity contribution in [1.29, 1.82) is 0 Å². The van der Waals surface area contributed by atoms with Crippen molar-refractivity contribution in [2.75, 3.05) is 14.2 Å². The van der Waals surface area contributed by atoms with Crippen molar-refractivity contribution in [3.05, 3.63) is 52.0 Å². The summed E-state index contributed by atoms with van der Waals surface area (Å²) in [6.07, 6.45) is -4.82. The third kappa shape index (κ3) is 5.04. The van der Waals surface area contributed by atoms with E-state index in [0.29, 0.717) is 10.2 Å². The first-order valence-corrected chi connectivity index (χ1v) is 8.08. The van der Waals surface area contributed by atoms with Crippen LogP contribution in [0.1, 0.15) is 15.9 Å². The van der Waals surface area contributed by atoms with Gasteiger partial charge in [0.05, 0.1) is 24.3 Å². The highest BCUT2D eigenvalue weighted by Crippen LogP contribution is 2.33. The molecule has 0 aromatic heterocycles. The van der Waals surface area contributed by atoms with Crippen LogP contribution in [0.4, 0.5) is 13.2 Å². The van der Waals surface area contributed by atoms with Gasteiger partial charge in [-0.3, -0.25) is 4.79 Å². The topological polar surface area (TPSA) is 56.8 Å². The molecule has 0 saturated carbocycles. The van der Waals surface area contributed by atoms with Gasteiger partial charge in [-0.2, -0.15) is 0 Å². The fourth-order valence-electron chi connectivity index (χ4n) is 2.21. The van der Waals surface area contributed by atoms with Crippen molar-refractivity contribution >= 4 is 21.8 Å². The van der Waals surface area contributed by atoms with Crippen molar-refractivity contribution in [3.8, 4) is 17.2 Å². The molecule has 0 radical (unpaired) electrons. The van der Waals surface area contributed by atoms with E-state index < -0.39 is 12.3 Å². The molecule has 140 valence electrons. The standard InChI is InChI=1S/C17H15BrF3NO4/c1-24-11-7-12(15(25-2)13(18)8-11)16(23)22-9-10-5-3-4-6-14(10)26-17(19,20)21/h3-8H,9H2,1-2H3,(H,22,23). The maximum atomic E-state index is 12.5. The highest BCUT2D eigenvalue weighted by atomic mass is 79.9. The third-order valence-corrected chi connectivity index (χ3v) is 3.93. The molecule has 2 rings (SSSR count). The van der Waals surface area contributed by atoms with Gasteiger partial charge in [0.2, 0.25) is 0 Å². The van der Waals surface area contributed by atoms with Crippen molar-refractivity contribution < 1.29 is 32.2 Å². The summed E-state index contributed by atoms with van der Waals surface area (Å²) in [5.41, 5.74) is 0.354. The smallest absolute Gasteiger partial charge is 0.497 e. The molecule has 2 aromatic carbocycles. The van der Waals surface area contributed by atoms with Gasteiger partial charge in [0, 0.05) is 12.1 Å². The molecule has 0 aliphatic heterocycles. The Bertz CT molecular complexity index is 796. The minimum Gasteiger partial charge on any atom is -0.497 e. The molecule has 0 aliphatic rings. The number of rotatable bonds is 6. The number of amides is 1. The Kier molecular flexibility index (Phi) is 6.36. The summed E-state index contributed by atoms with van der Waals surface area (Å²) in [6, 6.07) is 8.67. The average Bonchev–Trinajstić information content (AvgIpc) is 2.58. The van der Waals surface area contributed by atoms with E-state index in [9.17, 15) is 18.0 Å². The first kappa shape index (κ1) is 19.9. The van der Waals surface area contributed by atoms with Gasteiger partial charge in [-0.15, -0.1) is 13.2 Å². The molecule has 0 unspecified atom stereocenters. The molecule has 2 aromatic rings. The zero-order valence-electron chi connectivity index (χ0n) is 13.8. The van der Waals surface area contributed by atoms with E-state index in [1.807, 2.05) is 0 Å². The summed E-state index contributed by atoms with van der Waals surface area (Å²) in [5.74, 6) is -0.214. The minimum atomic E-state index is -4.82. The van der Waals surface area contributed by atoms with Crippen LogP contribution in [0, 0.1) is 0 Å². The number of nitrogens with one attached hydrogen (secondary N) is 1. The van der Waals surface area contributed by atoms with E-state index in [1.54, 1.807) is 12.1 Å². The highest BCUT2D eigenvalue weighted by Gasteiger charge is 2.32. The second kappa shape index (κ2) is 8.31. The van der Waals surface area contributed by atoms with Crippen LogP contribution in [-0.2, 0) is 6.54 Å². The zero-order chi connectivity index (χ0) is 19.3. The fraction of sp³-hybridized carbons (Fsp3) is 0.235. The summed E-state index contributed by atoms with van der Waals surface area (Å²) in [4.78, 5) is 12.5. The highest BCUT2D eigenvalue weighted by molar-refractivity contribution is 9.10. The summed E-state index contributed by atoms with van der Waals surface area (Å²) in [7, 11) is 2.84. The molecule has 0 fully saturated rings. The van der Waals surface area contributed by atoms with Gasteiger partial charge < -0.3 is 19.5 Å². The number of para-hydroxylation sites is 1. The van der Waals surface area contributed by atoms with Gasteiger partial charge in [-0.25, -0.2) is 0 Å². The zero-order valence-corrected chi connectivity index (χ0v) is 15.4. The van der Waals surface area contributed by atoms with Crippen LogP contribution in [0.2, 0.25) is 0 Å². The SMILES string of the molecule is COc1cc(Br)c(OC)c(C(=O)NCc2ccccc2OC(F)(F)F)c1. The van der Waals surface area contributed by atoms with Crippen LogP contribution in [0.15, 0.2) is 40.9 Å². The predicted octanol–water partition coefficient (Wildman–Crippen LogP) is 4.29. The van der Waals surface area contributed by atoms with Gasteiger partial charge in [-0.05, 0) is 34.1 Å². The molecular formula is C17H15BrF3NO4. The molecule has 0 heterocycles. The van der Waals surface area contributed by atoms with E-state index in [0.717, 1.165) is 0 Å². The van der Waals surface area contributed by atoms with Gasteiger partial charge >= 0.3 is 6.36 Å². The lowest BCUT2D eigenvalue weighted by Crippen LogP contribution is -2.25. The molecule has 0 atom stereocenters. The monoisotopic (exact) mass is 433 g/mol. The van der Waals surface area contributed by atoms with Crippen molar-refractivity contribution in [3.63, 3.8) is 0 Å². The van der Waals surface area contributed by atoms with Crippen LogP contribution in [0.25, 0.3) is 0 Å². The minimum absolute atomic E-state index is 0.164. The molecule has 1 N–H and O–H groups in total. The van der Waals surface area contributed by atoms with Gasteiger partial charge in [0.15, 0.2) is 0 Å². The second-order valence-electron chi connectivity index (χ2n) is 5.03. The predicted molar refractivity (Wildman–Crippen MR) is 91.5 cm³/mol. The van der Waals surface area contributed by atoms with Crippen molar-refractivity contribution in [1.82, 2.24) is 5.32 Å². The Hall–Kier alpha value is -2.42. The summed E-state index contributed by atoms with van der Waals surface area (Å²) in [5, 5.41) is 2.55. The number of carbonyl (C=O) groups is 1. The number of hydrogen-bond donors (Lipinski definition) is 1. The van der Waals surface area contributed by atoms with Crippen LogP contribution < -0.4 is 19.5 Å². The number of hydrogen-bond acceptors (Lipinski definition) is 4. The van der Waals surface area contributed by atoms with Crippen LogP contribution in [0.5, 0.6) is 17.2 Å². The average molecular weight is 434 g/mol. The molecule has 1 amide bonds. The van der Waals surface area contributed by atoms with E-state index in [-0.39, 0.29) is 29.2 Å². The number of alkyl halides is 3. The molecule has 9 heteroatoms. The van der Waals surface area contributed by atoms with Gasteiger partial charge in [-0.1, -0.05) is 18.2 Å². The van der Waals surface area contributed by atoms with Gasteiger partial charge in [0.1, 0.15) is 17.2 Å². The molecule has 5 nitrogen and oxygen atoms in total. The van der Waals surface area contributed by atoms with Crippen molar-refractivity contribution in [2.45, 2.75) is 12.9 Å². The van der Waals surface area contributed by atoms with Crippen LogP contribution in [-0.4, -0.2) is 26.5 Å². The number of ether oxygens (including phenoxy) is 3. The normalized spacial score (nSPS) is 11.0. The maximum absolute atomic E-state index is 12.5. The molecule has 0 spiro atoms. The van der Waals surface area contributed by atoms with Crippen LogP contribution >= 0.6 is 15.9 Å². The molecule has 0 aliphatic carbocycles. The first-order chi connectivity index (χ1) is 12.2. The number of carbonyl (C=O) groups excluding carboxylic acids is 1.